The highest BCUT2D eigenvalue weighted by atomic mass is 32.1. The van der Waals surface area contributed by atoms with Crippen molar-refractivity contribution in [3.63, 3.8) is 0 Å². The highest BCUT2D eigenvalue weighted by Gasteiger charge is 2.23. The molecule has 1 unspecified atom stereocenters. The van der Waals surface area contributed by atoms with Crippen LogP contribution in [0.2, 0.25) is 0 Å². The van der Waals surface area contributed by atoms with E-state index in [0.29, 0.717) is 12.5 Å². The molecule has 0 amide bonds. The molecule has 3 rings (SSSR count). The van der Waals surface area contributed by atoms with Crippen LogP contribution in [0.15, 0.2) is 47.5 Å². The molecule has 0 saturated carbocycles. The Morgan fingerprint density at radius 3 is 2.67 bits per heavy atom. The number of anilines is 1. The first-order valence-electron chi connectivity index (χ1n) is 8.22. The van der Waals surface area contributed by atoms with Gasteiger partial charge >= 0.3 is 0 Å². The molecule has 24 heavy (non-hydrogen) atoms. The van der Waals surface area contributed by atoms with Gasteiger partial charge in [-0.25, -0.2) is 0 Å². The normalized spacial score (nSPS) is 17.6. The third kappa shape index (κ3) is 4.56. The minimum absolute atomic E-state index is 0.253. The van der Waals surface area contributed by atoms with Crippen LogP contribution in [-0.2, 0) is 4.74 Å². The van der Waals surface area contributed by atoms with Crippen molar-refractivity contribution in [3.05, 3.63) is 52.2 Å². The average molecular weight is 344 g/mol. The van der Waals surface area contributed by atoms with Crippen molar-refractivity contribution >= 4 is 23.0 Å². The van der Waals surface area contributed by atoms with Crippen LogP contribution in [0.1, 0.15) is 15.8 Å². The van der Waals surface area contributed by atoms with Crippen molar-refractivity contribution in [3.8, 4) is 0 Å². The molecule has 1 aromatic heterocycles. The van der Waals surface area contributed by atoms with Crippen LogP contribution in [0.4, 0.5) is 5.69 Å². The van der Waals surface area contributed by atoms with E-state index in [4.69, 9.17) is 10.5 Å². The lowest BCUT2D eigenvalue weighted by Gasteiger charge is -2.33. The van der Waals surface area contributed by atoms with E-state index in [2.05, 4.69) is 34.3 Å². The zero-order valence-electron chi connectivity index (χ0n) is 13.9. The van der Waals surface area contributed by atoms with Gasteiger partial charge in [0, 0.05) is 28.5 Å². The summed E-state index contributed by atoms with van der Waals surface area (Å²) in [6.45, 7) is 6.21. The molecule has 2 heterocycles. The molecule has 5 nitrogen and oxygen atoms in total. The minimum atomic E-state index is 0.253. The molecular formula is C18H24N4OS. The first kappa shape index (κ1) is 17.0. The Labute approximate surface area is 147 Å². The van der Waals surface area contributed by atoms with Gasteiger partial charge in [-0.05, 0) is 31.2 Å². The molecule has 1 fully saturated rings. The maximum atomic E-state index is 6.07. The highest BCUT2D eigenvalue weighted by Crippen LogP contribution is 2.28. The molecule has 1 aromatic carbocycles. The third-order valence-electron chi connectivity index (χ3n) is 4.06. The highest BCUT2D eigenvalue weighted by molar-refractivity contribution is 7.12. The summed E-state index contributed by atoms with van der Waals surface area (Å²) < 4.78 is 5.48. The smallest absolute Gasteiger partial charge is 0.193 e. The Bertz CT molecular complexity index is 665. The quantitative estimate of drug-likeness (QED) is 0.647. The lowest BCUT2D eigenvalue weighted by molar-refractivity contribution is 0.0187. The standard InChI is InChI=1S/C18H24N4OS/c1-14-7-8-17(24-14)16(22-9-11-23-12-10-22)13-20-18(19)21-15-5-3-2-4-6-15/h2-8,16H,9-13H2,1H3,(H3,19,20,21). The Morgan fingerprint density at radius 2 is 2.00 bits per heavy atom. The van der Waals surface area contributed by atoms with Crippen LogP contribution in [-0.4, -0.2) is 43.7 Å². The number of thiophene rings is 1. The number of nitrogens with zero attached hydrogens (tertiary/aromatic N) is 2. The summed E-state index contributed by atoms with van der Waals surface area (Å²) >= 11 is 1.83. The maximum Gasteiger partial charge on any atom is 0.193 e. The topological polar surface area (TPSA) is 62.9 Å². The number of aliphatic imine (C=N–C) groups is 1. The predicted molar refractivity (Wildman–Crippen MR) is 101 cm³/mol. The number of rotatable bonds is 5. The second-order valence-corrected chi connectivity index (χ2v) is 7.15. The Morgan fingerprint density at radius 1 is 1.25 bits per heavy atom. The SMILES string of the molecule is Cc1ccc(C(CN=C(N)Nc2ccccc2)N2CCOCC2)s1. The lowest BCUT2D eigenvalue weighted by Crippen LogP contribution is -2.40. The molecule has 1 aliphatic heterocycles. The van der Waals surface area contributed by atoms with Crippen molar-refractivity contribution in [1.82, 2.24) is 4.90 Å². The van der Waals surface area contributed by atoms with Crippen molar-refractivity contribution in [2.24, 2.45) is 10.7 Å². The van der Waals surface area contributed by atoms with E-state index in [0.717, 1.165) is 32.0 Å². The van der Waals surface area contributed by atoms with E-state index in [9.17, 15) is 0 Å². The Hall–Kier alpha value is -1.89. The molecule has 6 heteroatoms. The van der Waals surface area contributed by atoms with Crippen molar-refractivity contribution in [1.29, 1.82) is 0 Å². The zero-order chi connectivity index (χ0) is 16.8. The molecular weight excluding hydrogens is 320 g/mol. The summed E-state index contributed by atoms with van der Waals surface area (Å²) in [7, 11) is 0. The number of morpholine rings is 1. The molecule has 128 valence electrons. The van der Waals surface area contributed by atoms with E-state index in [1.165, 1.54) is 9.75 Å². The number of aryl methyl sites for hydroxylation is 1. The predicted octanol–water partition coefficient (Wildman–Crippen LogP) is 2.86. The number of nitrogens with one attached hydrogen (secondary N) is 1. The van der Waals surface area contributed by atoms with Gasteiger partial charge in [-0.15, -0.1) is 11.3 Å². The van der Waals surface area contributed by atoms with Gasteiger partial charge in [0.1, 0.15) is 0 Å². The largest absolute Gasteiger partial charge is 0.379 e. The van der Waals surface area contributed by atoms with Crippen molar-refractivity contribution < 1.29 is 4.74 Å². The summed E-state index contributed by atoms with van der Waals surface area (Å²) in [6, 6.07) is 14.5. The van der Waals surface area contributed by atoms with Gasteiger partial charge < -0.3 is 15.8 Å². The number of benzene rings is 1. The molecule has 1 aliphatic rings. The fraction of sp³-hybridized carbons (Fsp3) is 0.389. The van der Waals surface area contributed by atoms with E-state index >= 15 is 0 Å². The first-order chi connectivity index (χ1) is 11.7. The van der Waals surface area contributed by atoms with Gasteiger partial charge in [0.2, 0.25) is 0 Å². The molecule has 3 N–H and O–H groups in total. The van der Waals surface area contributed by atoms with Crippen molar-refractivity contribution in [2.45, 2.75) is 13.0 Å². The minimum Gasteiger partial charge on any atom is -0.379 e. The zero-order valence-corrected chi connectivity index (χ0v) is 14.8. The number of nitrogens with two attached hydrogens (primary N) is 1. The number of para-hydroxylation sites is 1. The monoisotopic (exact) mass is 344 g/mol. The van der Waals surface area contributed by atoms with Crippen LogP contribution >= 0.6 is 11.3 Å². The molecule has 1 atom stereocenters. The summed E-state index contributed by atoms with van der Waals surface area (Å²) in [5.41, 5.74) is 7.02. The fourth-order valence-corrected chi connectivity index (χ4v) is 3.80. The molecule has 1 saturated heterocycles. The third-order valence-corrected chi connectivity index (χ3v) is 5.16. The number of guanidine groups is 1. The van der Waals surface area contributed by atoms with E-state index in [-0.39, 0.29) is 6.04 Å². The average Bonchev–Trinajstić information content (AvgIpc) is 3.03. The fourth-order valence-electron chi connectivity index (χ4n) is 2.80. The second-order valence-electron chi connectivity index (χ2n) is 5.83. The Kier molecular flexibility index (Phi) is 5.85. The molecule has 0 aliphatic carbocycles. The van der Waals surface area contributed by atoms with Crippen LogP contribution in [0.3, 0.4) is 0 Å². The number of ether oxygens (including phenoxy) is 1. The van der Waals surface area contributed by atoms with Crippen LogP contribution in [0.25, 0.3) is 0 Å². The van der Waals surface area contributed by atoms with Crippen LogP contribution < -0.4 is 11.1 Å². The van der Waals surface area contributed by atoms with Gasteiger partial charge in [0.15, 0.2) is 5.96 Å². The van der Waals surface area contributed by atoms with E-state index in [1.807, 2.05) is 41.7 Å². The van der Waals surface area contributed by atoms with Crippen LogP contribution in [0, 0.1) is 6.92 Å². The van der Waals surface area contributed by atoms with Crippen molar-refractivity contribution in [2.75, 3.05) is 38.2 Å². The summed E-state index contributed by atoms with van der Waals surface area (Å²) in [6.07, 6.45) is 0. The van der Waals surface area contributed by atoms with Gasteiger partial charge in [-0.3, -0.25) is 9.89 Å². The first-order valence-corrected chi connectivity index (χ1v) is 9.04. The summed E-state index contributed by atoms with van der Waals surface area (Å²) in [4.78, 5) is 9.69. The number of hydrogen-bond donors (Lipinski definition) is 2. The van der Waals surface area contributed by atoms with Gasteiger partial charge in [-0.1, -0.05) is 18.2 Å². The molecule has 0 spiro atoms. The van der Waals surface area contributed by atoms with E-state index < -0.39 is 0 Å². The van der Waals surface area contributed by atoms with Gasteiger partial charge in [-0.2, -0.15) is 0 Å². The second kappa shape index (κ2) is 8.28. The molecule has 0 bridgehead atoms. The molecule has 2 aromatic rings. The van der Waals surface area contributed by atoms with Gasteiger partial charge in [0.05, 0.1) is 25.8 Å². The number of hydrogen-bond acceptors (Lipinski definition) is 4. The molecule has 0 radical (unpaired) electrons. The summed E-state index contributed by atoms with van der Waals surface area (Å²) in [5, 5.41) is 3.14. The lowest BCUT2D eigenvalue weighted by atomic mass is 10.2. The maximum absolute atomic E-state index is 6.07. The van der Waals surface area contributed by atoms with Gasteiger partial charge in [0.25, 0.3) is 0 Å². The van der Waals surface area contributed by atoms with Crippen LogP contribution in [0.5, 0.6) is 0 Å². The summed E-state index contributed by atoms with van der Waals surface area (Å²) in [5.74, 6) is 0.452. The Balaban J connectivity index is 1.70. The van der Waals surface area contributed by atoms with E-state index in [1.54, 1.807) is 0 Å².